The number of benzene rings is 1. The molecule has 0 aliphatic heterocycles. The van der Waals surface area contributed by atoms with Crippen LogP contribution in [0, 0.1) is 27.3 Å². The van der Waals surface area contributed by atoms with Crippen molar-refractivity contribution in [3.8, 4) is 6.07 Å². The third-order valence-corrected chi connectivity index (χ3v) is 2.57. The molecule has 0 atom stereocenters. The van der Waals surface area contributed by atoms with E-state index in [4.69, 9.17) is 9.68 Å². The molecule has 1 aromatic carbocycles. The van der Waals surface area contributed by atoms with Crippen LogP contribution in [-0.2, 0) is 4.79 Å². The Morgan fingerprint density at radius 2 is 2.09 bits per heavy atom. The maximum atomic E-state index is 13.4. The van der Waals surface area contributed by atoms with Crippen LogP contribution in [0.3, 0.4) is 0 Å². The van der Waals surface area contributed by atoms with Gasteiger partial charge in [0.2, 0.25) is 0 Å². The van der Waals surface area contributed by atoms with Crippen molar-refractivity contribution in [1.82, 2.24) is 0 Å². The van der Waals surface area contributed by atoms with Crippen molar-refractivity contribution in [2.75, 3.05) is 5.32 Å². The molecular formula is C14H8FN3O4. The lowest BCUT2D eigenvalue weighted by molar-refractivity contribution is -0.402. The number of rotatable bonds is 4. The quantitative estimate of drug-likeness (QED) is 0.404. The molecular weight excluding hydrogens is 293 g/mol. The van der Waals surface area contributed by atoms with Gasteiger partial charge in [-0.05, 0) is 18.2 Å². The minimum Gasteiger partial charge on any atom is -0.401 e. The molecule has 1 N–H and O–H groups in total. The highest BCUT2D eigenvalue weighted by molar-refractivity contribution is 6.09. The van der Waals surface area contributed by atoms with Gasteiger partial charge in [-0.1, -0.05) is 12.1 Å². The predicted octanol–water partition coefficient (Wildman–Crippen LogP) is 2.87. The number of anilines is 1. The van der Waals surface area contributed by atoms with Crippen molar-refractivity contribution in [1.29, 1.82) is 5.26 Å². The van der Waals surface area contributed by atoms with Crippen molar-refractivity contribution in [3.05, 3.63) is 63.7 Å². The summed E-state index contributed by atoms with van der Waals surface area (Å²) in [7, 11) is 0. The smallest absolute Gasteiger partial charge is 0.401 e. The molecule has 0 saturated heterocycles. The number of nitriles is 1. The fraction of sp³-hybridized carbons (Fsp3) is 0. The molecule has 0 radical (unpaired) electrons. The zero-order chi connectivity index (χ0) is 16.1. The summed E-state index contributed by atoms with van der Waals surface area (Å²) in [6.45, 7) is 0. The molecule has 0 saturated carbocycles. The van der Waals surface area contributed by atoms with Gasteiger partial charge in [0, 0.05) is 6.08 Å². The molecule has 1 aromatic heterocycles. The second-order valence-electron chi connectivity index (χ2n) is 4.04. The van der Waals surface area contributed by atoms with E-state index in [1.165, 1.54) is 24.3 Å². The lowest BCUT2D eigenvalue weighted by atomic mass is 10.2. The fourth-order valence-electron chi connectivity index (χ4n) is 1.56. The van der Waals surface area contributed by atoms with Crippen molar-refractivity contribution in [2.24, 2.45) is 0 Å². The Morgan fingerprint density at radius 3 is 2.68 bits per heavy atom. The summed E-state index contributed by atoms with van der Waals surface area (Å²) >= 11 is 0. The molecule has 0 fully saturated rings. The third kappa shape index (κ3) is 3.34. The number of halogens is 1. The lowest BCUT2D eigenvalue weighted by Crippen LogP contribution is -2.14. The molecule has 2 rings (SSSR count). The standard InChI is InChI=1S/C14H8FN3O4/c15-11-3-1-2-4-12(11)17-14(19)9(8-16)7-10-5-6-13(22-10)18(20)21/h1-7H,(H,17,19)/b9-7+. The predicted molar refractivity (Wildman–Crippen MR) is 74.0 cm³/mol. The van der Waals surface area contributed by atoms with Gasteiger partial charge in [0.15, 0.2) is 0 Å². The Kier molecular flexibility index (Phi) is 4.29. The number of carbonyl (C=O) groups excluding carboxylic acids is 1. The van der Waals surface area contributed by atoms with Crippen LogP contribution < -0.4 is 5.32 Å². The van der Waals surface area contributed by atoms with E-state index in [-0.39, 0.29) is 17.0 Å². The molecule has 1 heterocycles. The number of amides is 1. The van der Waals surface area contributed by atoms with E-state index >= 15 is 0 Å². The lowest BCUT2D eigenvalue weighted by Gasteiger charge is -2.04. The van der Waals surface area contributed by atoms with Gasteiger partial charge in [0.1, 0.15) is 28.1 Å². The second-order valence-corrected chi connectivity index (χ2v) is 4.04. The third-order valence-electron chi connectivity index (χ3n) is 2.57. The van der Waals surface area contributed by atoms with E-state index < -0.39 is 22.5 Å². The van der Waals surface area contributed by atoms with Gasteiger partial charge in [-0.3, -0.25) is 14.9 Å². The second kappa shape index (κ2) is 6.32. The van der Waals surface area contributed by atoms with Crippen LogP contribution in [0.4, 0.5) is 16.0 Å². The van der Waals surface area contributed by atoms with Gasteiger partial charge in [0.05, 0.1) is 11.8 Å². The first-order valence-corrected chi connectivity index (χ1v) is 5.93. The highest BCUT2D eigenvalue weighted by Gasteiger charge is 2.15. The largest absolute Gasteiger partial charge is 0.433 e. The van der Waals surface area contributed by atoms with E-state index in [2.05, 4.69) is 5.32 Å². The molecule has 2 aromatic rings. The van der Waals surface area contributed by atoms with E-state index in [0.717, 1.165) is 18.2 Å². The summed E-state index contributed by atoms with van der Waals surface area (Å²) in [4.78, 5) is 21.6. The van der Waals surface area contributed by atoms with E-state index in [9.17, 15) is 19.3 Å². The summed E-state index contributed by atoms with van der Waals surface area (Å²) in [6.07, 6.45) is 1.03. The molecule has 0 aliphatic rings. The van der Waals surface area contributed by atoms with E-state index in [0.29, 0.717) is 0 Å². The monoisotopic (exact) mass is 301 g/mol. The number of hydrogen-bond donors (Lipinski definition) is 1. The molecule has 1 amide bonds. The summed E-state index contributed by atoms with van der Waals surface area (Å²) in [5, 5.41) is 21.7. The first-order valence-electron chi connectivity index (χ1n) is 5.93. The summed E-state index contributed by atoms with van der Waals surface area (Å²) in [5.74, 6) is -2.06. The van der Waals surface area contributed by atoms with Crippen LogP contribution in [0.25, 0.3) is 6.08 Å². The van der Waals surface area contributed by atoms with Gasteiger partial charge in [-0.2, -0.15) is 5.26 Å². The number of furan rings is 1. The van der Waals surface area contributed by atoms with Crippen LogP contribution in [-0.4, -0.2) is 10.8 Å². The molecule has 110 valence electrons. The summed E-state index contributed by atoms with van der Waals surface area (Å²) in [6, 6.07) is 9.42. The van der Waals surface area contributed by atoms with Gasteiger partial charge < -0.3 is 9.73 Å². The molecule has 22 heavy (non-hydrogen) atoms. The number of nitro groups is 1. The first kappa shape index (κ1) is 14.9. The maximum Gasteiger partial charge on any atom is 0.433 e. The Hall–Kier alpha value is -3.47. The van der Waals surface area contributed by atoms with Gasteiger partial charge in [-0.25, -0.2) is 4.39 Å². The fourth-order valence-corrected chi connectivity index (χ4v) is 1.56. The zero-order valence-corrected chi connectivity index (χ0v) is 10.9. The molecule has 0 spiro atoms. The highest BCUT2D eigenvalue weighted by atomic mass is 19.1. The summed E-state index contributed by atoms with van der Waals surface area (Å²) in [5.41, 5.74) is -0.466. The number of para-hydroxylation sites is 1. The van der Waals surface area contributed by atoms with E-state index in [1.807, 2.05) is 0 Å². The van der Waals surface area contributed by atoms with Gasteiger partial charge >= 0.3 is 5.88 Å². The molecule has 8 heteroatoms. The highest BCUT2D eigenvalue weighted by Crippen LogP contribution is 2.19. The number of hydrogen-bond acceptors (Lipinski definition) is 5. The maximum absolute atomic E-state index is 13.4. The van der Waals surface area contributed by atoms with Crippen LogP contribution in [0.15, 0.2) is 46.4 Å². The zero-order valence-electron chi connectivity index (χ0n) is 10.9. The first-order chi connectivity index (χ1) is 10.5. The van der Waals surface area contributed by atoms with Crippen molar-refractivity contribution in [2.45, 2.75) is 0 Å². The Balaban J connectivity index is 2.22. The van der Waals surface area contributed by atoms with E-state index in [1.54, 1.807) is 6.07 Å². The van der Waals surface area contributed by atoms with Gasteiger partial charge in [-0.15, -0.1) is 0 Å². The van der Waals surface area contributed by atoms with Crippen molar-refractivity contribution in [3.63, 3.8) is 0 Å². The number of carbonyl (C=O) groups is 1. The number of nitrogens with one attached hydrogen (secondary N) is 1. The topological polar surface area (TPSA) is 109 Å². The average Bonchev–Trinajstić information content (AvgIpc) is 2.96. The van der Waals surface area contributed by atoms with Crippen LogP contribution >= 0.6 is 0 Å². The van der Waals surface area contributed by atoms with Crippen LogP contribution in [0.5, 0.6) is 0 Å². The Morgan fingerprint density at radius 1 is 1.36 bits per heavy atom. The molecule has 0 aliphatic carbocycles. The SMILES string of the molecule is N#C/C(=C\c1ccc([N+](=O)[O-])o1)C(=O)Nc1ccccc1F. The number of nitrogens with zero attached hydrogens (tertiary/aromatic N) is 2. The summed E-state index contributed by atoms with van der Waals surface area (Å²) < 4.78 is 18.2. The van der Waals surface area contributed by atoms with Crippen LogP contribution in [0.2, 0.25) is 0 Å². The van der Waals surface area contributed by atoms with Crippen molar-refractivity contribution >= 4 is 23.6 Å². The molecule has 7 nitrogen and oxygen atoms in total. The average molecular weight is 301 g/mol. The minimum absolute atomic E-state index is 0.0352. The molecule has 0 unspecified atom stereocenters. The van der Waals surface area contributed by atoms with Crippen molar-refractivity contribution < 1.29 is 18.5 Å². The minimum atomic E-state index is -0.855. The normalized spacial score (nSPS) is 10.8. The molecule has 0 bridgehead atoms. The Labute approximate surface area is 123 Å². The Bertz CT molecular complexity index is 804. The van der Waals surface area contributed by atoms with Gasteiger partial charge in [0.25, 0.3) is 5.91 Å². The van der Waals surface area contributed by atoms with Crippen LogP contribution in [0.1, 0.15) is 5.76 Å².